The first-order chi connectivity index (χ1) is 16.8. The van der Waals surface area contributed by atoms with E-state index < -0.39 is 0 Å². The van der Waals surface area contributed by atoms with Gasteiger partial charge in [-0.3, -0.25) is 0 Å². The number of hydrogen-bond donors (Lipinski definition) is 0. The van der Waals surface area contributed by atoms with Crippen LogP contribution in [0.25, 0.3) is 0 Å². The molecule has 194 valence electrons. The van der Waals surface area contributed by atoms with Gasteiger partial charge in [0.1, 0.15) is 5.75 Å². The molecule has 1 nitrogen and oxygen atoms in total. The van der Waals surface area contributed by atoms with Crippen molar-refractivity contribution in [3.05, 3.63) is 29.8 Å². The minimum absolute atomic E-state index is 0.889. The van der Waals surface area contributed by atoms with Crippen molar-refractivity contribution in [1.29, 1.82) is 0 Å². The van der Waals surface area contributed by atoms with Crippen molar-refractivity contribution >= 4 is 0 Å². The average Bonchev–Trinajstić information content (AvgIpc) is 2.88. The maximum Gasteiger partial charge on any atom is 0.119 e. The molecule has 2 saturated carbocycles. The van der Waals surface area contributed by atoms with Crippen molar-refractivity contribution in [2.45, 2.75) is 142 Å². The van der Waals surface area contributed by atoms with E-state index in [4.69, 9.17) is 4.74 Å². The van der Waals surface area contributed by atoms with Gasteiger partial charge < -0.3 is 4.74 Å². The number of ether oxygens (including phenoxy) is 1. The van der Waals surface area contributed by atoms with Gasteiger partial charge in [-0.2, -0.15) is 0 Å². The number of rotatable bonds is 16. The van der Waals surface area contributed by atoms with Crippen molar-refractivity contribution in [1.82, 2.24) is 0 Å². The molecule has 0 N–H and O–H groups in total. The molecule has 0 aromatic heterocycles. The van der Waals surface area contributed by atoms with E-state index in [-0.39, 0.29) is 0 Å². The molecule has 2 aliphatic rings. The van der Waals surface area contributed by atoms with E-state index in [0.717, 1.165) is 36.0 Å². The molecule has 1 aromatic rings. The number of hydrogen-bond acceptors (Lipinski definition) is 1. The van der Waals surface area contributed by atoms with Crippen molar-refractivity contribution in [3.63, 3.8) is 0 Å². The van der Waals surface area contributed by atoms with E-state index in [9.17, 15) is 0 Å². The number of unbranched alkanes of at least 4 members (excludes halogenated alkanes) is 4. The third-order valence-corrected chi connectivity index (χ3v) is 9.18. The third kappa shape index (κ3) is 10.3. The van der Waals surface area contributed by atoms with Crippen LogP contribution >= 0.6 is 0 Å². The van der Waals surface area contributed by atoms with Gasteiger partial charge in [-0.1, -0.05) is 129 Å². The Kier molecular flexibility index (Phi) is 13.5. The Morgan fingerprint density at radius 2 is 1.24 bits per heavy atom. The Morgan fingerprint density at radius 3 is 1.88 bits per heavy atom. The zero-order chi connectivity index (χ0) is 23.8. The van der Waals surface area contributed by atoms with Crippen molar-refractivity contribution < 1.29 is 4.74 Å². The summed E-state index contributed by atoms with van der Waals surface area (Å²) in [6.07, 6.45) is 28.4. The Bertz CT molecular complexity index is 612. The zero-order valence-corrected chi connectivity index (χ0v) is 22.9. The maximum atomic E-state index is 6.14. The molecule has 0 saturated heterocycles. The number of aryl methyl sites for hydroxylation is 1. The summed E-state index contributed by atoms with van der Waals surface area (Å²) in [5, 5.41) is 0. The van der Waals surface area contributed by atoms with Crippen LogP contribution in [0.2, 0.25) is 0 Å². The molecule has 0 amide bonds. The summed E-state index contributed by atoms with van der Waals surface area (Å²) in [7, 11) is 0. The quantitative estimate of drug-likeness (QED) is 0.219. The largest absolute Gasteiger partial charge is 0.494 e. The monoisotopic (exact) mass is 468 g/mol. The summed E-state index contributed by atoms with van der Waals surface area (Å²) < 4.78 is 6.14. The summed E-state index contributed by atoms with van der Waals surface area (Å²) in [5.41, 5.74) is 1.49. The topological polar surface area (TPSA) is 9.23 Å². The summed E-state index contributed by atoms with van der Waals surface area (Å²) in [5.74, 6) is 5.02. The molecule has 2 unspecified atom stereocenters. The minimum atomic E-state index is 0.889. The smallest absolute Gasteiger partial charge is 0.119 e. The number of benzene rings is 1. The Hall–Kier alpha value is -0.980. The summed E-state index contributed by atoms with van der Waals surface area (Å²) in [6.45, 7) is 5.53. The second kappa shape index (κ2) is 16.6. The van der Waals surface area contributed by atoms with E-state index in [2.05, 4.69) is 38.1 Å². The van der Waals surface area contributed by atoms with Crippen molar-refractivity contribution in [2.24, 2.45) is 23.7 Å². The second-order valence-corrected chi connectivity index (χ2v) is 11.9. The Morgan fingerprint density at radius 1 is 0.618 bits per heavy atom. The Balaban J connectivity index is 1.27. The van der Waals surface area contributed by atoms with Crippen LogP contribution in [0, 0.1) is 23.7 Å². The minimum Gasteiger partial charge on any atom is -0.494 e. The highest BCUT2D eigenvalue weighted by Gasteiger charge is 2.24. The molecule has 0 spiro atoms. The second-order valence-electron chi connectivity index (χ2n) is 11.9. The van der Waals surface area contributed by atoms with E-state index in [1.165, 1.54) is 134 Å². The van der Waals surface area contributed by atoms with Crippen LogP contribution in [0.3, 0.4) is 0 Å². The third-order valence-electron chi connectivity index (χ3n) is 9.18. The van der Waals surface area contributed by atoms with Gasteiger partial charge in [0, 0.05) is 0 Å². The molecule has 1 heteroatoms. The molecule has 0 bridgehead atoms. The van der Waals surface area contributed by atoms with Gasteiger partial charge in [-0.15, -0.1) is 0 Å². The van der Waals surface area contributed by atoms with Crippen LogP contribution in [0.1, 0.15) is 141 Å². The molecule has 2 aliphatic carbocycles. The van der Waals surface area contributed by atoms with Crippen LogP contribution in [0.15, 0.2) is 24.3 Å². The maximum absolute atomic E-state index is 6.14. The lowest BCUT2D eigenvalue weighted by molar-refractivity contribution is 0.190. The SMILES string of the molecule is CCCCCCC1CCCCC1CCCOc1ccc(CCC2CCC(CCCC)CC2)cc1. The van der Waals surface area contributed by atoms with Gasteiger partial charge in [0.05, 0.1) is 6.61 Å². The fraction of sp³-hybridized carbons (Fsp3) is 0.818. The highest BCUT2D eigenvalue weighted by atomic mass is 16.5. The Labute approximate surface area is 212 Å². The normalized spacial score (nSPS) is 25.4. The van der Waals surface area contributed by atoms with Crippen LogP contribution in [-0.4, -0.2) is 6.61 Å². The predicted octanol–water partition coefficient (Wildman–Crippen LogP) is 10.6. The molecule has 0 radical (unpaired) electrons. The molecule has 1 aromatic carbocycles. The first kappa shape index (κ1) is 27.6. The van der Waals surface area contributed by atoms with Gasteiger partial charge in [0.25, 0.3) is 0 Å². The van der Waals surface area contributed by atoms with Gasteiger partial charge in [-0.05, 0) is 67.1 Å². The molecule has 34 heavy (non-hydrogen) atoms. The molecular formula is C33H56O. The molecule has 2 fully saturated rings. The summed E-state index contributed by atoms with van der Waals surface area (Å²) >= 11 is 0. The molecule has 0 aliphatic heterocycles. The fourth-order valence-corrected chi connectivity index (χ4v) is 6.84. The lowest BCUT2D eigenvalue weighted by Gasteiger charge is -2.31. The van der Waals surface area contributed by atoms with Crippen molar-refractivity contribution in [3.8, 4) is 5.75 Å². The standard InChI is InChI=1S/C33H56O/c1-3-5-7-8-13-31-14-9-10-15-32(31)16-11-27-34-33-25-23-30(24-26-33)22-21-29-19-17-28(18-20-29)12-6-4-2/h23-26,28-29,31-32H,3-22,27H2,1-2H3. The van der Waals surface area contributed by atoms with Gasteiger partial charge in [0.15, 0.2) is 0 Å². The fourth-order valence-electron chi connectivity index (χ4n) is 6.84. The first-order valence-corrected chi connectivity index (χ1v) is 15.5. The van der Waals surface area contributed by atoms with E-state index >= 15 is 0 Å². The van der Waals surface area contributed by atoms with Crippen LogP contribution in [0.5, 0.6) is 5.75 Å². The highest BCUT2D eigenvalue weighted by Crippen LogP contribution is 2.37. The summed E-state index contributed by atoms with van der Waals surface area (Å²) in [4.78, 5) is 0. The molecular weight excluding hydrogens is 412 g/mol. The van der Waals surface area contributed by atoms with Crippen molar-refractivity contribution in [2.75, 3.05) is 6.61 Å². The molecule has 0 heterocycles. The first-order valence-electron chi connectivity index (χ1n) is 15.5. The van der Waals surface area contributed by atoms with Gasteiger partial charge in [-0.25, -0.2) is 0 Å². The van der Waals surface area contributed by atoms with E-state index in [1.807, 2.05) is 0 Å². The predicted molar refractivity (Wildman–Crippen MR) is 149 cm³/mol. The molecule has 2 atom stereocenters. The van der Waals surface area contributed by atoms with Gasteiger partial charge in [0.2, 0.25) is 0 Å². The zero-order valence-electron chi connectivity index (χ0n) is 22.9. The summed E-state index contributed by atoms with van der Waals surface area (Å²) in [6, 6.07) is 9.06. The lowest BCUT2D eigenvalue weighted by Crippen LogP contribution is -2.20. The van der Waals surface area contributed by atoms with E-state index in [0.29, 0.717) is 0 Å². The van der Waals surface area contributed by atoms with Crippen LogP contribution < -0.4 is 4.74 Å². The highest BCUT2D eigenvalue weighted by molar-refractivity contribution is 5.27. The lowest BCUT2D eigenvalue weighted by atomic mass is 9.74. The average molecular weight is 469 g/mol. The molecule has 3 rings (SSSR count). The van der Waals surface area contributed by atoms with E-state index in [1.54, 1.807) is 0 Å². The van der Waals surface area contributed by atoms with Gasteiger partial charge >= 0.3 is 0 Å². The van der Waals surface area contributed by atoms with Crippen LogP contribution in [-0.2, 0) is 6.42 Å². The van der Waals surface area contributed by atoms with Crippen LogP contribution in [0.4, 0.5) is 0 Å².